The van der Waals surface area contributed by atoms with Gasteiger partial charge in [-0.2, -0.15) is 0 Å². The SMILES string of the molecule is CCC(N[C@@H](C)c1ccccc1)c1ccc(F)cn1. The van der Waals surface area contributed by atoms with E-state index in [2.05, 4.69) is 36.3 Å². The molecule has 0 saturated heterocycles. The maximum Gasteiger partial charge on any atom is 0.141 e. The monoisotopic (exact) mass is 258 g/mol. The summed E-state index contributed by atoms with van der Waals surface area (Å²) in [6, 6.07) is 13.8. The number of nitrogens with zero attached hydrogens (tertiary/aromatic N) is 1. The van der Waals surface area contributed by atoms with Gasteiger partial charge in [-0.3, -0.25) is 4.98 Å². The van der Waals surface area contributed by atoms with Crippen LogP contribution < -0.4 is 5.32 Å². The molecule has 1 aromatic heterocycles. The van der Waals surface area contributed by atoms with Gasteiger partial charge in [-0.15, -0.1) is 0 Å². The molecule has 0 aliphatic heterocycles. The smallest absolute Gasteiger partial charge is 0.141 e. The Balaban J connectivity index is 2.09. The van der Waals surface area contributed by atoms with Gasteiger partial charge in [0, 0.05) is 12.1 Å². The Bertz CT molecular complexity index is 496. The molecule has 0 spiro atoms. The van der Waals surface area contributed by atoms with Crippen molar-refractivity contribution in [3.05, 3.63) is 65.7 Å². The molecular formula is C16H19FN2. The summed E-state index contributed by atoms with van der Waals surface area (Å²) in [6.07, 6.45) is 2.18. The second-order valence-electron chi connectivity index (χ2n) is 4.66. The van der Waals surface area contributed by atoms with E-state index < -0.39 is 0 Å². The summed E-state index contributed by atoms with van der Waals surface area (Å²) in [5.74, 6) is -0.297. The normalized spacial score (nSPS) is 14.1. The highest BCUT2D eigenvalue weighted by molar-refractivity contribution is 5.19. The summed E-state index contributed by atoms with van der Waals surface area (Å²) in [4.78, 5) is 4.16. The first kappa shape index (κ1) is 13.7. The molecule has 0 fully saturated rings. The van der Waals surface area contributed by atoms with E-state index in [1.807, 2.05) is 18.2 Å². The van der Waals surface area contributed by atoms with E-state index in [0.717, 1.165) is 12.1 Å². The van der Waals surface area contributed by atoms with Crippen molar-refractivity contribution in [2.24, 2.45) is 0 Å². The zero-order valence-corrected chi connectivity index (χ0v) is 11.3. The summed E-state index contributed by atoms with van der Waals surface area (Å²) in [5, 5.41) is 3.53. The van der Waals surface area contributed by atoms with Crippen LogP contribution in [0.4, 0.5) is 4.39 Å². The minimum absolute atomic E-state index is 0.135. The van der Waals surface area contributed by atoms with E-state index in [4.69, 9.17) is 0 Å². The Kier molecular flexibility index (Phi) is 4.63. The third-order valence-corrected chi connectivity index (χ3v) is 3.27. The van der Waals surface area contributed by atoms with E-state index in [1.165, 1.54) is 17.8 Å². The number of benzene rings is 1. The van der Waals surface area contributed by atoms with Gasteiger partial charge >= 0.3 is 0 Å². The molecule has 1 aromatic carbocycles. The van der Waals surface area contributed by atoms with Crippen molar-refractivity contribution in [2.45, 2.75) is 32.4 Å². The number of hydrogen-bond acceptors (Lipinski definition) is 2. The predicted octanol–water partition coefficient (Wildman–Crippen LogP) is 4.02. The van der Waals surface area contributed by atoms with E-state index >= 15 is 0 Å². The van der Waals surface area contributed by atoms with Gasteiger partial charge in [-0.1, -0.05) is 37.3 Å². The maximum atomic E-state index is 12.9. The van der Waals surface area contributed by atoms with Crippen LogP contribution in [0.25, 0.3) is 0 Å². The molecule has 100 valence electrons. The van der Waals surface area contributed by atoms with Crippen molar-refractivity contribution in [2.75, 3.05) is 0 Å². The second-order valence-corrected chi connectivity index (χ2v) is 4.66. The van der Waals surface area contributed by atoms with Crippen molar-refractivity contribution >= 4 is 0 Å². The molecular weight excluding hydrogens is 239 g/mol. The zero-order chi connectivity index (χ0) is 13.7. The van der Waals surface area contributed by atoms with Gasteiger partial charge in [-0.25, -0.2) is 4.39 Å². The van der Waals surface area contributed by atoms with Crippen LogP contribution in [0, 0.1) is 5.82 Å². The third-order valence-electron chi connectivity index (χ3n) is 3.27. The number of halogens is 1. The summed E-state index contributed by atoms with van der Waals surface area (Å²) in [7, 11) is 0. The first-order chi connectivity index (χ1) is 9.20. The molecule has 2 nitrogen and oxygen atoms in total. The molecule has 3 heteroatoms. The molecule has 0 amide bonds. The molecule has 1 unspecified atom stereocenters. The van der Waals surface area contributed by atoms with Crippen molar-refractivity contribution < 1.29 is 4.39 Å². The molecule has 2 atom stereocenters. The lowest BCUT2D eigenvalue weighted by atomic mass is 10.0. The molecule has 1 heterocycles. The average molecular weight is 258 g/mol. The summed E-state index contributed by atoms with van der Waals surface area (Å²) in [5.41, 5.74) is 2.12. The maximum absolute atomic E-state index is 12.9. The third kappa shape index (κ3) is 3.61. The summed E-state index contributed by atoms with van der Waals surface area (Å²) < 4.78 is 12.9. The average Bonchev–Trinajstić information content (AvgIpc) is 2.46. The standard InChI is InChI=1S/C16H19FN2/c1-3-15(16-10-9-14(17)11-18-16)19-12(2)13-7-5-4-6-8-13/h4-12,15,19H,3H2,1-2H3/t12-,15?/m0/s1. The second kappa shape index (κ2) is 6.43. The van der Waals surface area contributed by atoms with E-state index in [1.54, 1.807) is 6.07 Å². The largest absolute Gasteiger partial charge is 0.302 e. The fourth-order valence-corrected chi connectivity index (χ4v) is 2.15. The Hall–Kier alpha value is -1.74. The Morgan fingerprint density at radius 1 is 1.16 bits per heavy atom. The van der Waals surface area contributed by atoms with E-state index in [9.17, 15) is 4.39 Å². The molecule has 2 aromatic rings. The fourth-order valence-electron chi connectivity index (χ4n) is 2.15. The lowest BCUT2D eigenvalue weighted by molar-refractivity contribution is 0.447. The van der Waals surface area contributed by atoms with Gasteiger partial charge in [-0.05, 0) is 31.0 Å². The molecule has 0 aliphatic carbocycles. The lowest BCUT2D eigenvalue weighted by Crippen LogP contribution is -2.25. The Morgan fingerprint density at radius 2 is 1.89 bits per heavy atom. The molecule has 0 radical (unpaired) electrons. The molecule has 0 aliphatic rings. The first-order valence-corrected chi connectivity index (χ1v) is 6.63. The van der Waals surface area contributed by atoms with Crippen LogP contribution in [0.5, 0.6) is 0 Å². The van der Waals surface area contributed by atoms with Gasteiger partial charge in [0.2, 0.25) is 0 Å². The van der Waals surface area contributed by atoms with Crippen LogP contribution >= 0.6 is 0 Å². The highest BCUT2D eigenvalue weighted by atomic mass is 19.1. The minimum Gasteiger partial charge on any atom is -0.302 e. The number of hydrogen-bond donors (Lipinski definition) is 1. The lowest BCUT2D eigenvalue weighted by Gasteiger charge is -2.22. The van der Waals surface area contributed by atoms with E-state index in [-0.39, 0.29) is 17.9 Å². The van der Waals surface area contributed by atoms with Gasteiger partial charge in [0.15, 0.2) is 0 Å². The Labute approximate surface area is 113 Å². The van der Waals surface area contributed by atoms with Crippen molar-refractivity contribution in [1.29, 1.82) is 0 Å². The van der Waals surface area contributed by atoms with Crippen LogP contribution in [0.3, 0.4) is 0 Å². The highest BCUT2D eigenvalue weighted by Gasteiger charge is 2.14. The molecule has 1 N–H and O–H groups in total. The van der Waals surface area contributed by atoms with Crippen LogP contribution in [0.15, 0.2) is 48.7 Å². The van der Waals surface area contributed by atoms with Crippen LogP contribution in [0.2, 0.25) is 0 Å². The van der Waals surface area contributed by atoms with Crippen molar-refractivity contribution in [3.8, 4) is 0 Å². The molecule has 0 saturated carbocycles. The highest BCUT2D eigenvalue weighted by Crippen LogP contribution is 2.20. The van der Waals surface area contributed by atoms with Gasteiger partial charge in [0.1, 0.15) is 5.82 Å². The molecule has 2 rings (SSSR count). The fraction of sp³-hybridized carbons (Fsp3) is 0.312. The summed E-state index contributed by atoms with van der Waals surface area (Å²) in [6.45, 7) is 4.22. The molecule has 19 heavy (non-hydrogen) atoms. The topological polar surface area (TPSA) is 24.9 Å². The Morgan fingerprint density at radius 3 is 2.47 bits per heavy atom. The first-order valence-electron chi connectivity index (χ1n) is 6.63. The molecule has 0 bridgehead atoms. The van der Waals surface area contributed by atoms with Gasteiger partial charge in [0.25, 0.3) is 0 Å². The number of nitrogens with one attached hydrogen (secondary N) is 1. The van der Waals surface area contributed by atoms with E-state index in [0.29, 0.717) is 0 Å². The van der Waals surface area contributed by atoms with Crippen LogP contribution in [0.1, 0.15) is 43.6 Å². The number of pyridine rings is 1. The number of rotatable bonds is 5. The number of aromatic nitrogens is 1. The van der Waals surface area contributed by atoms with Crippen molar-refractivity contribution in [3.63, 3.8) is 0 Å². The van der Waals surface area contributed by atoms with Gasteiger partial charge in [0.05, 0.1) is 11.9 Å². The van der Waals surface area contributed by atoms with Gasteiger partial charge < -0.3 is 5.32 Å². The quantitative estimate of drug-likeness (QED) is 0.876. The van der Waals surface area contributed by atoms with Crippen molar-refractivity contribution in [1.82, 2.24) is 10.3 Å². The zero-order valence-electron chi connectivity index (χ0n) is 11.3. The summed E-state index contributed by atoms with van der Waals surface area (Å²) >= 11 is 0. The van der Waals surface area contributed by atoms with Crippen LogP contribution in [-0.2, 0) is 0 Å². The predicted molar refractivity (Wildman–Crippen MR) is 75.2 cm³/mol. The van der Waals surface area contributed by atoms with Crippen LogP contribution in [-0.4, -0.2) is 4.98 Å². The minimum atomic E-state index is -0.297.